The van der Waals surface area contributed by atoms with Crippen molar-refractivity contribution in [3.8, 4) is 11.5 Å². The average Bonchev–Trinajstić information content (AvgIpc) is 2.93. The number of likely N-dealkylation sites (N-methyl/N-ethyl adjacent to an activating group) is 1. The van der Waals surface area contributed by atoms with E-state index in [1.807, 2.05) is 18.2 Å². The Morgan fingerprint density at radius 1 is 1.14 bits per heavy atom. The monoisotopic (exact) mass is 447 g/mol. The van der Waals surface area contributed by atoms with Gasteiger partial charge in [-0.05, 0) is 55.3 Å². The molecule has 1 fully saturated rings. The van der Waals surface area contributed by atoms with E-state index >= 15 is 0 Å². The normalized spacial score (nSPS) is 15.3. The van der Waals surface area contributed by atoms with E-state index in [0.717, 1.165) is 23.3 Å². The summed E-state index contributed by atoms with van der Waals surface area (Å²) in [5.41, 5.74) is 3.12. The largest absolute Gasteiger partial charge is 0.493 e. The number of ether oxygens (including phenoxy) is 2. The molecule has 0 saturated carbocycles. The maximum atomic E-state index is 12.3. The van der Waals surface area contributed by atoms with Crippen LogP contribution in [0.1, 0.15) is 23.1 Å². The Kier molecular flexibility index (Phi) is 7.22. The second-order valence-corrected chi connectivity index (χ2v) is 8.78. The van der Waals surface area contributed by atoms with Gasteiger partial charge in [0.1, 0.15) is 15.8 Å². The summed E-state index contributed by atoms with van der Waals surface area (Å²) in [5.74, 6) is 1.45. The van der Waals surface area contributed by atoms with E-state index in [2.05, 4.69) is 19.9 Å². The molecule has 0 aromatic heterocycles. The molecular formula is C22H22ClNO3S2. The van der Waals surface area contributed by atoms with Gasteiger partial charge in [0.2, 0.25) is 0 Å². The van der Waals surface area contributed by atoms with Gasteiger partial charge in [-0.15, -0.1) is 0 Å². The van der Waals surface area contributed by atoms with Crippen molar-refractivity contribution in [1.29, 1.82) is 0 Å². The van der Waals surface area contributed by atoms with E-state index in [4.69, 9.17) is 33.3 Å². The third-order valence-corrected chi connectivity index (χ3v) is 6.32. The number of hydrogen-bond donors (Lipinski definition) is 0. The van der Waals surface area contributed by atoms with Crippen molar-refractivity contribution in [2.24, 2.45) is 0 Å². The Labute approximate surface area is 185 Å². The van der Waals surface area contributed by atoms with Gasteiger partial charge >= 0.3 is 0 Å². The molecule has 0 N–H and O–H groups in total. The summed E-state index contributed by atoms with van der Waals surface area (Å²) in [4.78, 5) is 14.3. The molecule has 1 heterocycles. The summed E-state index contributed by atoms with van der Waals surface area (Å²) in [6.45, 7) is 5.17. The van der Waals surface area contributed by atoms with Crippen molar-refractivity contribution >= 4 is 51.9 Å². The van der Waals surface area contributed by atoms with Crippen LogP contribution in [-0.2, 0) is 4.79 Å². The predicted molar refractivity (Wildman–Crippen MR) is 124 cm³/mol. The van der Waals surface area contributed by atoms with Crippen LogP contribution in [0.4, 0.5) is 0 Å². The maximum Gasteiger partial charge on any atom is 0.265 e. The van der Waals surface area contributed by atoms with Gasteiger partial charge < -0.3 is 9.47 Å². The molecule has 7 heteroatoms. The molecule has 4 nitrogen and oxygen atoms in total. The highest BCUT2D eigenvalue weighted by molar-refractivity contribution is 8.26. The van der Waals surface area contributed by atoms with E-state index in [0.29, 0.717) is 33.2 Å². The lowest BCUT2D eigenvalue weighted by molar-refractivity contribution is -0.121. The lowest BCUT2D eigenvalue weighted by Crippen LogP contribution is -2.22. The molecule has 2 aromatic carbocycles. The van der Waals surface area contributed by atoms with Crippen LogP contribution >= 0.6 is 35.6 Å². The molecule has 1 aliphatic rings. The predicted octanol–water partition coefficient (Wildman–Crippen LogP) is 5.64. The summed E-state index contributed by atoms with van der Waals surface area (Å²) >= 11 is 12.6. The number of rotatable bonds is 7. The Bertz CT molecular complexity index is 975. The van der Waals surface area contributed by atoms with Gasteiger partial charge in [0.15, 0.2) is 0 Å². The van der Waals surface area contributed by atoms with Crippen molar-refractivity contribution in [3.63, 3.8) is 0 Å². The van der Waals surface area contributed by atoms with Crippen LogP contribution in [0, 0.1) is 13.8 Å². The summed E-state index contributed by atoms with van der Waals surface area (Å²) in [6.07, 6.45) is 2.50. The average molecular weight is 448 g/mol. The Morgan fingerprint density at radius 3 is 2.55 bits per heavy atom. The lowest BCUT2D eigenvalue weighted by atomic mass is 10.1. The minimum atomic E-state index is -0.118. The molecular weight excluding hydrogens is 426 g/mol. The van der Waals surface area contributed by atoms with E-state index < -0.39 is 0 Å². The van der Waals surface area contributed by atoms with Crippen LogP contribution < -0.4 is 9.47 Å². The molecule has 0 radical (unpaired) electrons. The summed E-state index contributed by atoms with van der Waals surface area (Å²) in [6, 6.07) is 11.4. The van der Waals surface area contributed by atoms with Crippen molar-refractivity contribution in [1.82, 2.24) is 4.90 Å². The molecule has 0 bridgehead atoms. The third kappa shape index (κ3) is 5.32. The summed E-state index contributed by atoms with van der Waals surface area (Å²) < 4.78 is 12.3. The van der Waals surface area contributed by atoms with Gasteiger partial charge in [-0.3, -0.25) is 9.69 Å². The molecule has 1 saturated heterocycles. The minimum absolute atomic E-state index is 0.118. The van der Waals surface area contributed by atoms with Gasteiger partial charge in [0.05, 0.1) is 18.1 Å². The molecule has 29 heavy (non-hydrogen) atoms. The second kappa shape index (κ2) is 9.65. The topological polar surface area (TPSA) is 38.8 Å². The number of aryl methyl sites for hydroxylation is 1. The van der Waals surface area contributed by atoms with Crippen LogP contribution in [0.3, 0.4) is 0 Å². The van der Waals surface area contributed by atoms with E-state index in [9.17, 15) is 4.79 Å². The first kappa shape index (κ1) is 21.7. The van der Waals surface area contributed by atoms with E-state index in [-0.39, 0.29) is 5.91 Å². The van der Waals surface area contributed by atoms with Gasteiger partial charge in [-0.2, -0.15) is 0 Å². The van der Waals surface area contributed by atoms with Crippen LogP contribution in [0.25, 0.3) is 6.08 Å². The molecule has 0 spiro atoms. The number of benzene rings is 2. The summed E-state index contributed by atoms with van der Waals surface area (Å²) in [7, 11) is 1.67. The van der Waals surface area contributed by atoms with Crippen molar-refractivity contribution in [2.45, 2.75) is 20.3 Å². The standard InChI is InChI=1S/C22H22ClNO3S2/c1-14-6-4-7-18(15(14)2)26-10-5-11-27-19-9-8-17(23)12-16(19)13-20-21(25)24(3)22(28)29-20/h4,6-9,12-13H,5,10-11H2,1-3H3/b20-13-. The van der Waals surface area contributed by atoms with Gasteiger partial charge in [0, 0.05) is 24.1 Å². The molecule has 0 aliphatic carbocycles. The molecule has 3 rings (SSSR count). The third-order valence-electron chi connectivity index (χ3n) is 4.60. The number of hydrogen-bond acceptors (Lipinski definition) is 5. The summed E-state index contributed by atoms with van der Waals surface area (Å²) in [5, 5.41) is 0.578. The Hall–Kier alpha value is -2.02. The Balaban J connectivity index is 1.61. The molecule has 0 unspecified atom stereocenters. The van der Waals surface area contributed by atoms with Crippen molar-refractivity contribution in [2.75, 3.05) is 20.3 Å². The van der Waals surface area contributed by atoms with E-state index in [1.54, 1.807) is 25.3 Å². The van der Waals surface area contributed by atoms with Crippen LogP contribution in [0.5, 0.6) is 11.5 Å². The fraction of sp³-hybridized carbons (Fsp3) is 0.273. The maximum absolute atomic E-state index is 12.3. The highest BCUT2D eigenvalue weighted by atomic mass is 35.5. The van der Waals surface area contributed by atoms with Crippen LogP contribution in [-0.4, -0.2) is 35.4 Å². The number of carbonyl (C=O) groups is 1. The van der Waals surface area contributed by atoms with E-state index in [1.165, 1.54) is 22.2 Å². The van der Waals surface area contributed by atoms with Gasteiger partial charge in [-0.1, -0.05) is 47.7 Å². The van der Waals surface area contributed by atoms with Crippen molar-refractivity contribution in [3.05, 3.63) is 63.0 Å². The zero-order chi connectivity index (χ0) is 21.0. The van der Waals surface area contributed by atoms with Crippen LogP contribution in [0.2, 0.25) is 5.02 Å². The first-order valence-corrected chi connectivity index (χ1v) is 10.8. The Morgan fingerprint density at radius 2 is 1.86 bits per heavy atom. The number of halogens is 1. The SMILES string of the molecule is Cc1cccc(OCCCOc2ccc(Cl)cc2/C=C2\SC(=S)N(C)C2=O)c1C. The van der Waals surface area contributed by atoms with Gasteiger partial charge in [-0.25, -0.2) is 0 Å². The molecule has 1 aliphatic heterocycles. The first-order valence-electron chi connectivity index (χ1n) is 9.19. The quantitative estimate of drug-likeness (QED) is 0.312. The minimum Gasteiger partial charge on any atom is -0.493 e. The fourth-order valence-electron chi connectivity index (χ4n) is 2.75. The number of thiocarbonyl (C=S) groups is 1. The number of thioether (sulfide) groups is 1. The highest BCUT2D eigenvalue weighted by Crippen LogP contribution is 2.34. The first-order chi connectivity index (χ1) is 13.9. The zero-order valence-electron chi connectivity index (χ0n) is 16.5. The zero-order valence-corrected chi connectivity index (χ0v) is 18.9. The second-order valence-electron chi connectivity index (χ2n) is 6.67. The molecule has 0 atom stereocenters. The van der Waals surface area contributed by atoms with Gasteiger partial charge in [0.25, 0.3) is 5.91 Å². The number of nitrogens with zero attached hydrogens (tertiary/aromatic N) is 1. The number of amides is 1. The van der Waals surface area contributed by atoms with Crippen LogP contribution in [0.15, 0.2) is 41.3 Å². The number of carbonyl (C=O) groups excluding carboxylic acids is 1. The molecule has 2 aromatic rings. The molecule has 152 valence electrons. The smallest absolute Gasteiger partial charge is 0.265 e. The fourth-order valence-corrected chi connectivity index (χ4v) is 4.10. The lowest BCUT2D eigenvalue weighted by Gasteiger charge is -2.12. The molecule has 1 amide bonds. The van der Waals surface area contributed by atoms with Crippen molar-refractivity contribution < 1.29 is 14.3 Å². The highest BCUT2D eigenvalue weighted by Gasteiger charge is 2.29.